The third-order valence-corrected chi connectivity index (χ3v) is 23.2. The minimum Gasteiger partial charge on any atom is -0.310 e. The van der Waals surface area contributed by atoms with Crippen molar-refractivity contribution in [2.75, 3.05) is 9.80 Å². The number of nitrogens with zero attached hydrogens (tertiary/aromatic N) is 4. The zero-order chi connectivity index (χ0) is 74.9. The molecule has 2 aromatic heterocycles. The van der Waals surface area contributed by atoms with Gasteiger partial charge in [0.15, 0.2) is 0 Å². The van der Waals surface area contributed by atoms with E-state index in [-0.39, 0.29) is 21.7 Å². The maximum atomic E-state index is 2.57. The van der Waals surface area contributed by atoms with Crippen LogP contribution in [0.5, 0.6) is 0 Å². The molecule has 0 amide bonds. The summed E-state index contributed by atoms with van der Waals surface area (Å²) in [7, 11) is 0. The zero-order valence-corrected chi connectivity index (χ0v) is 64.6. The fourth-order valence-electron chi connectivity index (χ4n) is 17.4. The van der Waals surface area contributed by atoms with Crippen molar-refractivity contribution >= 4 is 88.5 Å². The highest BCUT2D eigenvalue weighted by Gasteiger charge is 2.48. The van der Waals surface area contributed by atoms with Crippen LogP contribution in [0, 0.1) is 0 Å². The van der Waals surface area contributed by atoms with Crippen molar-refractivity contribution in [3.05, 3.63) is 384 Å². The van der Waals surface area contributed by atoms with Crippen LogP contribution in [-0.2, 0) is 27.1 Å². The molecule has 0 saturated heterocycles. The second-order valence-corrected chi connectivity index (χ2v) is 34.2. The Kier molecular flexibility index (Phi) is 16.4. The average Bonchev–Trinajstić information content (AvgIpc) is 1.52. The van der Waals surface area contributed by atoms with Crippen LogP contribution in [0.2, 0.25) is 0 Å². The predicted molar refractivity (Wildman–Crippen MR) is 465 cm³/mol. The lowest BCUT2D eigenvalue weighted by Gasteiger charge is -2.36. The van der Waals surface area contributed by atoms with Crippen LogP contribution in [0.25, 0.3) is 99.1 Å². The Morgan fingerprint density at radius 3 is 0.982 bits per heavy atom. The van der Waals surface area contributed by atoms with Gasteiger partial charge in [-0.25, -0.2) is 0 Å². The van der Waals surface area contributed by atoms with Crippen LogP contribution in [0.1, 0.15) is 128 Å². The van der Waals surface area contributed by atoms with Gasteiger partial charge >= 0.3 is 0 Å². The number of aromatic nitrogens is 2. The van der Waals surface area contributed by atoms with Gasteiger partial charge in [-0.05, 0) is 232 Å². The Labute approximate surface area is 642 Å². The standard InChI is InChI=1S/C105H92N4/c1-101(2,3)75-47-57-95-89(61-75)90-62-76(102(4,5)6)48-58-96(90)108(95)83-39-27-37-81(65-83)106(79-51-43-71(44-52-79)69-29-17-13-18-30-69)85-55-56-88-93(67-85)105(73-33-21-15-22-34-73,74-35-23-16-24-36-74)94-68-99(86-41-25-26-42-87(86)100(88)94)107(80-53-45-72(46-54-80)70-31-19-14-20-32-70)82-38-28-40-84(66-82)109-97-59-49-77(103(7,8)9)63-91(97)92-64-78(104(10,11)12)50-60-98(92)109/h13-68H,1-12H3. The second-order valence-electron chi connectivity index (χ2n) is 34.2. The van der Waals surface area contributed by atoms with E-state index in [1.807, 2.05) is 0 Å². The van der Waals surface area contributed by atoms with E-state index < -0.39 is 5.41 Å². The van der Waals surface area contributed by atoms with E-state index in [4.69, 9.17) is 0 Å². The van der Waals surface area contributed by atoms with Crippen molar-refractivity contribution in [3.8, 4) is 44.8 Å². The first-order valence-electron chi connectivity index (χ1n) is 38.7. The van der Waals surface area contributed by atoms with Gasteiger partial charge in [0.05, 0.1) is 33.2 Å². The SMILES string of the molecule is CC(C)(C)c1ccc2c(c1)c1cc(C(C)(C)C)ccc1n2-c1cccc(N(c2ccc(-c3ccccc3)cc2)c2ccc3c(c2)C(c2ccccc2)(c2ccccc2)c2cc(N(c4ccc(-c5ccccc5)cc4)c4cccc(-n5c6ccc(C(C)(C)C)cc6c6cc(C(C)(C)C)ccc65)c4)c4ccccc4c2-3)c1. The fourth-order valence-corrected chi connectivity index (χ4v) is 17.4. The van der Waals surface area contributed by atoms with E-state index in [0.717, 1.165) is 62.0 Å². The minimum atomic E-state index is -0.834. The Balaban J connectivity index is 0.875. The Hall–Kier alpha value is -12.2. The molecule has 1 aliphatic carbocycles. The highest BCUT2D eigenvalue weighted by molar-refractivity contribution is 6.14. The molecule has 15 aromatic carbocycles. The lowest BCUT2D eigenvalue weighted by Crippen LogP contribution is -2.29. The molecule has 1 aliphatic rings. The quantitative estimate of drug-likeness (QED) is 0.121. The first-order chi connectivity index (χ1) is 52.6. The third kappa shape index (κ3) is 11.7. The average molecular weight is 1410 g/mol. The van der Waals surface area contributed by atoms with E-state index in [1.54, 1.807) is 0 Å². The van der Waals surface area contributed by atoms with Crippen molar-refractivity contribution in [2.24, 2.45) is 0 Å². The molecular weight excluding hydrogens is 1320 g/mol. The van der Waals surface area contributed by atoms with Gasteiger partial charge in [0.25, 0.3) is 0 Å². The summed E-state index contributed by atoms with van der Waals surface area (Å²) in [6.07, 6.45) is 0. The van der Waals surface area contributed by atoms with Gasteiger partial charge in [0.1, 0.15) is 0 Å². The molecule has 0 saturated carbocycles. The maximum Gasteiger partial charge on any atom is 0.0715 e. The first kappa shape index (κ1) is 68.6. The summed E-state index contributed by atoms with van der Waals surface area (Å²) in [5, 5.41) is 7.39. The molecule has 0 radical (unpaired) electrons. The molecule has 0 spiro atoms. The lowest BCUT2D eigenvalue weighted by molar-refractivity contribution is 0.590. The predicted octanol–water partition coefficient (Wildman–Crippen LogP) is 28.9. The molecule has 0 fully saturated rings. The van der Waals surface area contributed by atoms with Crippen LogP contribution in [0.3, 0.4) is 0 Å². The lowest BCUT2D eigenvalue weighted by atomic mass is 9.67. The summed E-state index contributed by atoms with van der Waals surface area (Å²) in [4.78, 5) is 5.03. The van der Waals surface area contributed by atoms with Crippen molar-refractivity contribution in [2.45, 2.75) is 110 Å². The Morgan fingerprint density at radius 1 is 0.239 bits per heavy atom. The van der Waals surface area contributed by atoms with Gasteiger partial charge in [-0.3, -0.25) is 0 Å². The summed E-state index contributed by atoms with van der Waals surface area (Å²) < 4.78 is 4.99. The molecule has 4 nitrogen and oxygen atoms in total. The topological polar surface area (TPSA) is 16.3 Å². The monoisotopic (exact) mass is 1410 g/mol. The number of hydrogen-bond acceptors (Lipinski definition) is 2. The molecule has 0 aliphatic heterocycles. The van der Waals surface area contributed by atoms with Gasteiger partial charge < -0.3 is 18.9 Å². The molecule has 0 unspecified atom stereocenters. The number of benzene rings is 15. The number of hydrogen-bond donors (Lipinski definition) is 0. The van der Waals surface area contributed by atoms with Crippen molar-refractivity contribution in [3.63, 3.8) is 0 Å². The van der Waals surface area contributed by atoms with E-state index >= 15 is 0 Å². The van der Waals surface area contributed by atoms with Crippen LogP contribution in [0.15, 0.2) is 340 Å². The second kappa shape index (κ2) is 26.0. The molecule has 0 atom stereocenters. The number of rotatable bonds is 12. The Morgan fingerprint density at radius 2 is 0.578 bits per heavy atom. The van der Waals surface area contributed by atoms with Gasteiger partial charge in [0.2, 0.25) is 0 Å². The van der Waals surface area contributed by atoms with Crippen LogP contribution in [0.4, 0.5) is 34.1 Å². The molecule has 532 valence electrons. The van der Waals surface area contributed by atoms with E-state index in [0.29, 0.717) is 0 Å². The smallest absolute Gasteiger partial charge is 0.0715 e. The van der Waals surface area contributed by atoms with Gasteiger partial charge in [0, 0.05) is 66.7 Å². The van der Waals surface area contributed by atoms with E-state index in [9.17, 15) is 0 Å². The molecule has 2 heterocycles. The minimum absolute atomic E-state index is 0.0278. The number of fused-ring (bicyclic) bond motifs is 11. The third-order valence-electron chi connectivity index (χ3n) is 23.2. The zero-order valence-electron chi connectivity index (χ0n) is 64.6. The summed E-state index contributed by atoms with van der Waals surface area (Å²) in [6.45, 7) is 27.8. The fraction of sp³-hybridized carbons (Fsp3) is 0.162. The summed E-state index contributed by atoms with van der Waals surface area (Å²) in [6, 6.07) is 129. The van der Waals surface area contributed by atoms with E-state index in [1.165, 1.54) is 116 Å². The maximum absolute atomic E-state index is 2.57. The molecule has 4 heteroatoms. The largest absolute Gasteiger partial charge is 0.310 e. The van der Waals surface area contributed by atoms with Crippen LogP contribution < -0.4 is 9.80 Å². The molecule has 109 heavy (non-hydrogen) atoms. The molecule has 0 bridgehead atoms. The van der Waals surface area contributed by atoms with Crippen molar-refractivity contribution in [1.29, 1.82) is 0 Å². The summed E-state index contributed by atoms with van der Waals surface area (Å²) >= 11 is 0. The van der Waals surface area contributed by atoms with Crippen molar-refractivity contribution < 1.29 is 0 Å². The van der Waals surface area contributed by atoms with Gasteiger partial charge in [-0.15, -0.1) is 0 Å². The highest BCUT2D eigenvalue weighted by Crippen LogP contribution is 2.61. The molecule has 0 N–H and O–H groups in total. The van der Waals surface area contributed by atoms with Gasteiger partial charge in [-0.1, -0.05) is 295 Å². The van der Waals surface area contributed by atoms with Crippen LogP contribution in [-0.4, -0.2) is 9.13 Å². The van der Waals surface area contributed by atoms with Crippen LogP contribution >= 0.6 is 0 Å². The molecule has 17 aromatic rings. The molecular formula is C105H92N4. The summed E-state index contributed by atoms with van der Waals surface area (Å²) in [5.74, 6) is 0. The Bertz CT molecular complexity index is 6170. The summed E-state index contributed by atoms with van der Waals surface area (Å²) in [5.41, 5.74) is 29.5. The van der Waals surface area contributed by atoms with Gasteiger partial charge in [-0.2, -0.15) is 0 Å². The normalized spacial score (nSPS) is 13.0. The van der Waals surface area contributed by atoms with Crippen molar-refractivity contribution in [1.82, 2.24) is 9.13 Å². The molecule has 18 rings (SSSR count). The van der Waals surface area contributed by atoms with E-state index in [2.05, 4.69) is 442 Å². The highest BCUT2D eigenvalue weighted by atomic mass is 15.2. The number of anilines is 6. The first-order valence-corrected chi connectivity index (χ1v) is 38.7.